The second-order valence-electron chi connectivity index (χ2n) is 7.60. The van der Waals surface area contributed by atoms with Crippen molar-refractivity contribution in [2.75, 3.05) is 31.6 Å². The van der Waals surface area contributed by atoms with Crippen molar-refractivity contribution in [3.8, 4) is 0 Å². The highest BCUT2D eigenvalue weighted by Crippen LogP contribution is 2.39. The molecule has 1 saturated heterocycles. The molecule has 4 rings (SSSR count). The lowest BCUT2D eigenvalue weighted by Crippen LogP contribution is -2.28. The summed E-state index contributed by atoms with van der Waals surface area (Å²) in [5.41, 5.74) is 4.39. The molecule has 0 N–H and O–H groups in total. The first kappa shape index (κ1) is 18.5. The van der Waals surface area contributed by atoms with E-state index in [0.29, 0.717) is 23.8 Å². The van der Waals surface area contributed by atoms with Crippen LogP contribution in [0.25, 0.3) is 0 Å². The second-order valence-corrected chi connectivity index (χ2v) is 7.60. The summed E-state index contributed by atoms with van der Waals surface area (Å²) in [6.07, 6.45) is 2.70. The molecule has 2 aromatic rings. The van der Waals surface area contributed by atoms with Crippen molar-refractivity contribution in [1.29, 1.82) is 0 Å². The first-order valence-electron chi connectivity index (χ1n) is 9.94. The van der Waals surface area contributed by atoms with E-state index in [1.807, 2.05) is 29.2 Å². The summed E-state index contributed by atoms with van der Waals surface area (Å²) in [6.45, 7) is 3.51. The van der Waals surface area contributed by atoms with Crippen LogP contribution < -0.4 is 4.90 Å². The number of hydrogen-bond acceptors (Lipinski definition) is 4. The van der Waals surface area contributed by atoms with E-state index < -0.39 is 0 Å². The Labute approximate surface area is 165 Å². The molecule has 2 aliphatic heterocycles. The molecule has 1 unspecified atom stereocenters. The summed E-state index contributed by atoms with van der Waals surface area (Å²) in [5.74, 6) is 0.433. The monoisotopic (exact) mass is 378 g/mol. The highest BCUT2D eigenvalue weighted by Gasteiger charge is 2.29. The second kappa shape index (κ2) is 8.05. The average molecular weight is 378 g/mol. The number of amides is 1. The molecular weight excluding hydrogens is 352 g/mol. The quantitative estimate of drug-likeness (QED) is 0.721. The van der Waals surface area contributed by atoms with Gasteiger partial charge in [-0.25, -0.2) is 4.79 Å². The third-order valence-corrected chi connectivity index (χ3v) is 5.83. The Morgan fingerprint density at radius 1 is 1.11 bits per heavy atom. The highest BCUT2D eigenvalue weighted by atomic mass is 16.5. The highest BCUT2D eigenvalue weighted by molar-refractivity contribution is 5.89. The Kier molecular flexibility index (Phi) is 5.33. The van der Waals surface area contributed by atoms with E-state index in [4.69, 9.17) is 4.74 Å². The molecule has 0 aliphatic carbocycles. The van der Waals surface area contributed by atoms with E-state index >= 15 is 0 Å². The molecule has 5 nitrogen and oxygen atoms in total. The van der Waals surface area contributed by atoms with Gasteiger partial charge in [-0.1, -0.05) is 30.3 Å². The van der Waals surface area contributed by atoms with Gasteiger partial charge in [-0.3, -0.25) is 4.79 Å². The zero-order valence-electron chi connectivity index (χ0n) is 16.3. The maximum atomic E-state index is 11.9. The molecule has 2 aliphatic rings. The van der Waals surface area contributed by atoms with Crippen molar-refractivity contribution in [2.24, 2.45) is 0 Å². The van der Waals surface area contributed by atoms with Crippen LogP contribution in [-0.4, -0.2) is 43.5 Å². The van der Waals surface area contributed by atoms with Crippen molar-refractivity contribution < 1.29 is 14.3 Å². The van der Waals surface area contributed by atoms with Gasteiger partial charge >= 0.3 is 5.97 Å². The van der Waals surface area contributed by atoms with Crippen molar-refractivity contribution in [3.05, 3.63) is 65.2 Å². The van der Waals surface area contributed by atoms with Crippen LogP contribution in [0.2, 0.25) is 0 Å². The Bertz CT molecular complexity index is 862. The van der Waals surface area contributed by atoms with Gasteiger partial charge in [0.25, 0.3) is 0 Å². The Hall–Kier alpha value is -2.82. The fraction of sp³-hybridized carbons (Fsp3) is 0.391. The van der Waals surface area contributed by atoms with E-state index in [0.717, 1.165) is 44.6 Å². The molecule has 0 spiro atoms. The third kappa shape index (κ3) is 3.75. The topological polar surface area (TPSA) is 49.9 Å². The molecule has 0 bridgehead atoms. The minimum Gasteiger partial charge on any atom is -0.465 e. The van der Waals surface area contributed by atoms with Gasteiger partial charge in [0.1, 0.15) is 0 Å². The van der Waals surface area contributed by atoms with Gasteiger partial charge in [0.2, 0.25) is 5.91 Å². The van der Waals surface area contributed by atoms with Gasteiger partial charge in [-0.15, -0.1) is 0 Å². The van der Waals surface area contributed by atoms with Crippen LogP contribution >= 0.6 is 0 Å². The van der Waals surface area contributed by atoms with Gasteiger partial charge in [0.05, 0.1) is 12.7 Å². The predicted molar refractivity (Wildman–Crippen MR) is 108 cm³/mol. The van der Waals surface area contributed by atoms with Crippen LogP contribution in [0.4, 0.5) is 5.69 Å². The summed E-state index contributed by atoms with van der Waals surface area (Å²) in [5, 5.41) is 0. The minimum absolute atomic E-state index is 0.300. The van der Waals surface area contributed by atoms with E-state index in [1.165, 1.54) is 18.4 Å². The molecule has 28 heavy (non-hydrogen) atoms. The van der Waals surface area contributed by atoms with Crippen LogP contribution in [-0.2, 0) is 16.1 Å². The Balaban J connectivity index is 1.45. The normalized spacial score (nSPS) is 18.5. The number of carbonyl (C=O) groups is 2. The molecule has 146 valence electrons. The van der Waals surface area contributed by atoms with Crippen molar-refractivity contribution in [1.82, 2.24) is 4.90 Å². The molecule has 1 amide bonds. The van der Waals surface area contributed by atoms with Gasteiger partial charge in [-0.2, -0.15) is 0 Å². The predicted octanol–water partition coefficient (Wildman–Crippen LogP) is 3.59. The van der Waals surface area contributed by atoms with Crippen LogP contribution in [0.1, 0.15) is 46.7 Å². The summed E-state index contributed by atoms with van der Waals surface area (Å²) in [7, 11) is 1.40. The Morgan fingerprint density at radius 3 is 2.61 bits per heavy atom. The first-order valence-corrected chi connectivity index (χ1v) is 9.94. The lowest BCUT2D eigenvalue weighted by atomic mass is 9.98. The SMILES string of the molecule is COC(=O)c1ccc(CN2CC(CCN3CCCC3=O)c3ccccc32)cc1. The summed E-state index contributed by atoms with van der Waals surface area (Å²) >= 11 is 0. The number of carbonyl (C=O) groups excluding carboxylic acids is 2. The number of rotatable bonds is 6. The van der Waals surface area contributed by atoms with E-state index in [2.05, 4.69) is 29.2 Å². The van der Waals surface area contributed by atoms with E-state index in [-0.39, 0.29) is 5.97 Å². The molecule has 0 saturated carbocycles. The molecular formula is C23H26N2O3. The number of likely N-dealkylation sites (tertiary alicyclic amines) is 1. The number of nitrogens with zero attached hydrogens (tertiary/aromatic N) is 2. The zero-order chi connectivity index (χ0) is 19.5. The molecule has 2 aromatic carbocycles. The fourth-order valence-corrected chi connectivity index (χ4v) is 4.32. The number of hydrogen-bond donors (Lipinski definition) is 0. The van der Waals surface area contributed by atoms with Crippen molar-refractivity contribution in [3.63, 3.8) is 0 Å². The molecule has 0 aromatic heterocycles. The molecule has 5 heteroatoms. The van der Waals surface area contributed by atoms with E-state index in [9.17, 15) is 9.59 Å². The van der Waals surface area contributed by atoms with Crippen LogP contribution in [0.15, 0.2) is 48.5 Å². The van der Waals surface area contributed by atoms with E-state index in [1.54, 1.807) is 0 Å². The number of anilines is 1. The number of ether oxygens (including phenoxy) is 1. The molecule has 1 fully saturated rings. The van der Waals surface area contributed by atoms with Crippen molar-refractivity contribution in [2.45, 2.75) is 31.7 Å². The lowest BCUT2D eigenvalue weighted by Gasteiger charge is -2.21. The van der Waals surface area contributed by atoms with Crippen LogP contribution in [0, 0.1) is 0 Å². The number of para-hydroxylation sites is 1. The fourth-order valence-electron chi connectivity index (χ4n) is 4.32. The zero-order valence-corrected chi connectivity index (χ0v) is 16.3. The minimum atomic E-state index is -0.311. The maximum Gasteiger partial charge on any atom is 0.337 e. The lowest BCUT2D eigenvalue weighted by molar-refractivity contribution is -0.127. The summed E-state index contributed by atoms with van der Waals surface area (Å²) < 4.78 is 4.77. The number of benzene rings is 2. The molecule has 0 radical (unpaired) electrons. The smallest absolute Gasteiger partial charge is 0.337 e. The number of methoxy groups -OCH3 is 1. The van der Waals surface area contributed by atoms with Gasteiger partial charge in [0.15, 0.2) is 0 Å². The standard InChI is InChI=1S/C23H26N2O3/c1-28-23(27)18-10-8-17(9-11-18)15-25-16-19(20-5-2-3-6-21(20)25)12-14-24-13-4-7-22(24)26/h2-3,5-6,8-11,19H,4,7,12-16H2,1H3. The molecule has 1 atom stereocenters. The maximum absolute atomic E-state index is 11.9. The van der Waals surface area contributed by atoms with Crippen LogP contribution in [0.5, 0.6) is 0 Å². The summed E-state index contributed by atoms with van der Waals surface area (Å²) in [4.78, 5) is 27.9. The number of esters is 1. The summed E-state index contributed by atoms with van der Waals surface area (Å²) in [6, 6.07) is 16.2. The Morgan fingerprint density at radius 2 is 1.89 bits per heavy atom. The van der Waals surface area contributed by atoms with Gasteiger partial charge in [-0.05, 0) is 42.2 Å². The van der Waals surface area contributed by atoms with Crippen molar-refractivity contribution >= 4 is 17.6 Å². The van der Waals surface area contributed by atoms with Gasteiger partial charge < -0.3 is 14.5 Å². The third-order valence-electron chi connectivity index (χ3n) is 5.83. The number of fused-ring (bicyclic) bond motifs is 1. The largest absolute Gasteiger partial charge is 0.465 e. The average Bonchev–Trinajstić information content (AvgIpc) is 3.30. The van der Waals surface area contributed by atoms with Crippen LogP contribution in [0.3, 0.4) is 0 Å². The first-order chi connectivity index (χ1) is 13.7. The molecule has 2 heterocycles. The van der Waals surface area contributed by atoms with Gasteiger partial charge in [0, 0.05) is 44.2 Å².